The SMILES string of the molecule is Cc1cc(C)c2c(c1)C(N1CCCC1)CC(C)N2. The number of benzene rings is 1. The maximum atomic E-state index is 3.68. The fourth-order valence-corrected chi connectivity index (χ4v) is 3.63. The summed E-state index contributed by atoms with van der Waals surface area (Å²) in [7, 11) is 0. The van der Waals surface area contributed by atoms with Crippen LogP contribution in [0.15, 0.2) is 12.1 Å². The smallest absolute Gasteiger partial charge is 0.0420 e. The van der Waals surface area contributed by atoms with Crippen molar-refractivity contribution in [3.63, 3.8) is 0 Å². The van der Waals surface area contributed by atoms with E-state index in [9.17, 15) is 0 Å². The topological polar surface area (TPSA) is 15.3 Å². The van der Waals surface area contributed by atoms with Gasteiger partial charge in [0, 0.05) is 17.8 Å². The Labute approximate surface area is 110 Å². The average molecular weight is 244 g/mol. The third-order valence-electron chi connectivity index (χ3n) is 4.42. The first kappa shape index (κ1) is 12.0. The first-order valence-corrected chi connectivity index (χ1v) is 7.27. The van der Waals surface area contributed by atoms with Gasteiger partial charge in [-0.2, -0.15) is 0 Å². The first-order chi connectivity index (χ1) is 8.65. The quantitative estimate of drug-likeness (QED) is 0.811. The molecule has 0 saturated carbocycles. The van der Waals surface area contributed by atoms with Crippen LogP contribution in [0, 0.1) is 13.8 Å². The van der Waals surface area contributed by atoms with E-state index < -0.39 is 0 Å². The highest BCUT2D eigenvalue weighted by atomic mass is 15.2. The molecular weight excluding hydrogens is 220 g/mol. The molecular formula is C16H24N2. The molecule has 2 atom stereocenters. The molecule has 0 radical (unpaired) electrons. The molecule has 2 heteroatoms. The third-order valence-corrected chi connectivity index (χ3v) is 4.42. The van der Waals surface area contributed by atoms with Gasteiger partial charge in [0.25, 0.3) is 0 Å². The highest BCUT2D eigenvalue weighted by Gasteiger charge is 2.31. The summed E-state index contributed by atoms with van der Waals surface area (Å²) in [6.45, 7) is 9.32. The zero-order chi connectivity index (χ0) is 12.7. The molecule has 2 nitrogen and oxygen atoms in total. The molecule has 1 N–H and O–H groups in total. The van der Waals surface area contributed by atoms with Gasteiger partial charge in [0.15, 0.2) is 0 Å². The minimum Gasteiger partial charge on any atom is -0.382 e. The van der Waals surface area contributed by atoms with Crippen molar-refractivity contribution in [3.05, 3.63) is 28.8 Å². The van der Waals surface area contributed by atoms with Gasteiger partial charge in [-0.1, -0.05) is 17.7 Å². The lowest BCUT2D eigenvalue weighted by Crippen LogP contribution is -2.35. The molecule has 2 heterocycles. The van der Waals surface area contributed by atoms with Crippen LogP contribution in [0.25, 0.3) is 0 Å². The van der Waals surface area contributed by atoms with E-state index in [4.69, 9.17) is 0 Å². The third kappa shape index (κ3) is 2.03. The zero-order valence-corrected chi connectivity index (χ0v) is 11.8. The second kappa shape index (κ2) is 4.58. The second-order valence-electron chi connectivity index (χ2n) is 6.09. The number of nitrogens with one attached hydrogen (secondary N) is 1. The largest absolute Gasteiger partial charge is 0.382 e. The Balaban J connectivity index is 2.02. The van der Waals surface area contributed by atoms with Crippen LogP contribution in [0.4, 0.5) is 5.69 Å². The summed E-state index contributed by atoms with van der Waals surface area (Å²) in [5.41, 5.74) is 5.73. The number of hydrogen-bond acceptors (Lipinski definition) is 2. The van der Waals surface area contributed by atoms with Crippen LogP contribution in [0.2, 0.25) is 0 Å². The van der Waals surface area contributed by atoms with E-state index in [0.29, 0.717) is 12.1 Å². The standard InChI is InChI=1S/C16H24N2/c1-11-8-12(2)16-14(9-11)15(10-13(3)17-16)18-6-4-5-7-18/h8-9,13,15,17H,4-7,10H2,1-3H3. The lowest BCUT2D eigenvalue weighted by atomic mass is 9.89. The van der Waals surface area contributed by atoms with E-state index >= 15 is 0 Å². The summed E-state index contributed by atoms with van der Waals surface area (Å²) in [4.78, 5) is 2.69. The van der Waals surface area contributed by atoms with Gasteiger partial charge in [0.05, 0.1) is 0 Å². The Hall–Kier alpha value is -1.02. The van der Waals surface area contributed by atoms with Gasteiger partial charge in [-0.15, -0.1) is 0 Å². The second-order valence-corrected chi connectivity index (χ2v) is 6.09. The van der Waals surface area contributed by atoms with Gasteiger partial charge in [0.2, 0.25) is 0 Å². The lowest BCUT2D eigenvalue weighted by Gasteiger charge is -2.38. The van der Waals surface area contributed by atoms with Crippen LogP contribution in [-0.4, -0.2) is 24.0 Å². The molecule has 1 saturated heterocycles. The summed E-state index contributed by atoms with van der Waals surface area (Å²) in [5, 5.41) is 3.68. The summed E-state index contributed by atoms with van der Waals surface area (Å²) in [6.07, 6.45) is 3.99. The van der Waals surface area contributed by atoms with E-state index in [1.165, 1.54) is 54.7 Å². The maximum Gasteiger partial charge on any atom is 0.0420 e. The highest BCUT2D eigenvalue weighted by molar-refractivity contribution is 5.62. The van der Waals surface area contributed by atoms with Crippen LogP contribution in [-0.2, 0) is 0 Å². The van der Waals surface area contributed by atoms with E-state index in [0.717, 1.165) is 0 Å². The molecule has 0 aromatic heterocycles. The van der Waals surface area contributed by atoms with Gasteiger partial charge in [-0.3, -0.25) is 4.90 Å². The maximum absolute atomic E-state index is 3.68. The monoisotopic (exact) mass is 244 g/mol. The van der Waals surface area contributed by atoms with Crippen molar-refractivity contribution >= 4 is 5.69 Å². The Kier molecular flexibility index (Phi) is 3.06. The number of fused-ring (bicyclic) bond motifs is 1. The Morgan fingerprint density at radius 3 is 2.61 bits per heavy atom. The van der Waals surface area contributed by atoms with Crippen LogP contribution < -0.4 is 5.32 Å². The Morgan fingerprint density at radius 1 is 1.17 bits per heavy atom. The molecule has 0 bridgehead atoms. The summed E-state index contributed by atoms with van der Waals surface area (Å²) in [6, 6.07) is 5.91. The van der Waals surface area contributed by atoms with Gasteiger partial charge in [-0.05, 0) is 64.3 Å². The number of likely N-dealkylation sites (tertiary alicyclic amines) is 1. The van der Waals surface area contributed by atoms with E-state index in [1.807, 2.05) is 0 Å². The van der Waals surface area contributed by atoms with Crippen molar-refractivity contribution in [2.45, 2.75) is 52.1 Å². The fraction of sp³-hybridized carbons (Fsp3) is 0.625. The lowest BCUT2D eigenvalue weighted by molar-refractivity contribution is 0.223. The summed E-state index contributed by atoms with van der Waals surface area (Å²) >= 11 is 0. The van der Waals surface area contributed by atoms with Crippen molar-refractivity contribution in [1.82, 2.24) is 4.90 Å². The molecule has 18 heavy (non-hydrogen) atoms. The number of aryl methyl sites for hydroxylation is 2. The predicted octanol–water partition coefficient (Wildman–Crippen LogP) is 3.64. The van der Waals surface area contributed by atoms with Crippen molar-refractivity contribution in [1.29, 1.82) is 0 Å². The van der Waals surface area contributed by atoms with Crippen LogP contribution in [0.5, 0.6) is 0 Å². The Morgan fingerprint density at radius 2 is 1.89 bits per heavy atom. The van der Waals surface area contributed by atoms with E-state index in [2.05, 4.69) is 43.1 Å². The molecule has 1 fully saturated rings. The molecule has 2 aliphatic heterocycles. The first-order valence-electron chi connectivity index (χ1n) is 7.27. The molecule has 0 spiro atoms. The number of rotatable bonds is 1. The number of nitrogens with zero attached hydrogens (tertiary/aromatic N) is 1. The normalized spacial score (nSPS) is 27.9. The molecule has 1 aromatic rings. The molecule has 3 rings (SSSR count). The molecule has 1 aromatic carbocycles. The summed E-state index contributed by atoms with van der Waals surface area (Å²) in [5.74, 6) is 0. The number of hydrogen-bond donors (Lipinski definition) is 1. The highest BCUT2D eigenvalue weighted by Crippen LogP contribution is 2.40. The molecule has 2 aliphatic rings. The van der Waals surface area contributed by atoms with Crippen LogP contribution in [0.1, 0.15) is 48.9 Å². The van der Waals surface area contributed by atoms with Crippen molar-refractivity contribution < 1.29 is 0 Å². The van der Waals surface area contributed by atoms with Crippen molar-refractivity contribution in [2.75, 3.05) is 18.4 Å². The van der Waals surface area contributed by atoms with Gasteiger partial charge in [0.1, 0.15) is 0 Å². The summed E-state index contributed by atoms with van der Waals surface area (Å²) < 4.78 is 0. The van der Waals surface area contributed by atoms with Crippen molar-refractivity contribution in [3.8, 4) is 0 Å². The predicted molar refractivity (Wildman–Crippen MR) is 77.2 cm³/mol. The van der Waals surface area contributed by atoms with E-state index in [1.54, 1.807) is 0 Å². The average Bonchev–Trinajstić information content (AvgIpc) is 2.83. The van der Waals surface area contributed by atoms with E-state index in [-0.39, 0.29) is 0 Å². The van der Waals surface area contributed by atoms with Crippen LogP contribution in [0.3, 0.4) is 0 Å². The van der Waals surface area contributed by atoms with Gasteiger partial charge >= 0.3 is 0 Å². The molecule has 2 unspecified atom stereocenters. The minimum absolute atomic E-state index is 0.588. The molecule has 0 amide bonds. The Bertz CT molecular complexity index is 447. The minimum atomic E-state index is 0.588. The van der Waals surface area contributed by atoms with Gasteiger partial charge in [-0.25, -0.2) is 0 Å². The van der Waals surface area contributed by atoms with Crippen LogP contribution >= 0.6 is 0 Å². The van der Waals surface area contributed by atoms with Crippen molar-refractivity contribution in [2.24, 2.45) is 0 Å². The number of anilines is 1. The molecule has 98 valence electrons. The van der Waals surface area contributed by atoms with Gasteiger partial charge < -0.3 is 5.32 Å². The fourth-order valence-electron chi connectivity index (χ4n) is 3.63. The molecule has 0 aliphatic carbocycles. The zero-order valence-electron chi connectivity index (χ0n) is 11.8.